The molecule has 98 valence electrons. The molecule has 0 saturated heterocycles. The predicted octanol–water partition coefficient (Wildman–Crippen LogP) is 2.85. The number of aryl methyl sites for hydroxylation is 2. The Balaban J connectivity index is 1.77. The Labute approximate surface area is 110 Å². The highest BCUT2D eigenvalue weighted by atomic mass is 19.1. The Morgan fingerprint density at radius 1 is 1.32 bits per heavy atom. The zero-order chi connectivity index (χ0) is 13.2. The first-order chi connectivity index (χ1) is 9.22. The number of nitrogens with one attached hydrogen (secondary N) is 1. The molecule has 0 spiro atoms. The van der Waals surface area contributed by atoms with E-state index >= 15 is 0 Å². The summed E-state index contributed by atoms with van der Waals surface area (Å²) in [6, 6.07) is 5.79. The Hall–Kier alpha value is -1.97. The molecule has 2 aromatic rings. The zero-order valence-corrected chi connectivity index (χ0v) is 10.6. The molecule has 0 atom stereocenters. The predicted molar refractivity (Wildman–Crippen MR) is 69.7 cm³/mol. The Kier molecular flexibility index (Phi) is 3.15. The average Bonchev–Trinajstić information content (AvgIpc) is 2.80. The number of H-pyrrole nitrogens is 1. The minimum absolute atomic E-state index is 0.106. The van der Waals surface area contributed by atoms with Crippen LogP contribution in [0.3, 0.4) is 0 Å². The van der Waals surface area contributed by atoms with Crippen LogP contribution >= 0.6 is 0 Å². The summed E-state index contributed by atoms with van der Waals surface area (Å²) in [4.78, 5) is 19.7. The van der Waals surface area contributed by atoms with Gasteiger partial charge in [-0.15, -0.1) is 0 Å². The molecular formula is C15H15FN2O. The molecule has 4 heteroatoms. The summed E-state index contributed by atoms with van der Waals surface area (Å²) in [5.74, 6) is 0.205. The number of fused-ring (bicyclic) bond motifs is 1. The van der Waals surface area contributed by atoms with Gasteiger partial charge in [-0.05, 0) is 37.8 Å². The highest BCUT2D eigenvalue weighted by Crippen LogP contribution is 2.19. The van der Waals surface area contributed by atoms with Gasteiger partial charge in [0.15, 0.2) is 5.78 Å². The Morgan fingerprint density at radius 3 is 2.95 bits per heavy atom. The normalized spacial score (nSPS) is 14.2. The first-order valence-corrected chi connectivity index (χ1v) is 6.58. The second-order valence-corrected chi connectivity index (χ2v) is 4.93. The molecule has 0 amide bonds. The molecule has 1 aromatic carbocycles. The average molecular weight is 258 g/mol. The van der Waals surface area contributed by atoms with Crippen LogP contribution in [0.1, 0.15) is 40.4 Å². The van der Waals surface area contributed by atoms with E-state index in [0.29, 0.717) is 11.4 Å². The van der Waals surface area contributed by atoms with E-state index in [4.69, 9.17) is 0 Å². The highest BCUT2D eigenvalue weighted by molar-refractivity contribution is 5.97. The maximum atomic E-state index is 13.1. The number of imidazole rings is 1. The van der Waals surface area contributed by atoms with Crippen LogP contribution in [-0.4, -0.2) is 15.8 Å². The number of carbonyl (C=O) groups is 1. The van der Waals surface area contributed by atoms with Gasteiger partial charge in [-0.3, -0.25) is 4.79 Å². The molecule has 1 N–H and O–H groups in total. The number of carbonyl (C=O) groups excluding carboxylic acids is 1. The van der Waals surface area contributed by atoms with Gasteiger partial charge in [0.1, 0.15) is 11.6 Å². The SMILES string of the molecule is O=C(Cc1nc2c([nH]1)CCCC2)c1cccc(F)c1. The van der Waals surface area contributed by atoms with Gasteiger partial charge < -0.3 is 4.98 Å². The number of ketones is 1. The van der Waals surface area contributed by atoms with Crippen LogP contribution in [0.2, 0.25) is 0 Å². The molecule has 0 unspecified atom stereocenters. The molecule has 1 aliphatic rings. The zero-order valence-electron chi connectivity index (χ0n) is 10.6. The van der Waals surface area contributed by atoms with Crippen LogP contribution in [0.15, 0.2) is 24.3 Å². The fourth-order valence-electron chi connectivity index (χ4n) is 2.51. The van der Waals surface area contributed by atoms with E-state index < -0.39 is 0 Å². The fourth-order valence-corrected chi connectivity index (χ4v) is 2.51. The van der Waals surface area contributed by atoms with Crippen LogP contribution in [0, 0.1) is 5.82 Å². The third kappa shape index (κ3) is 2.57. The van der Waals surface area contributed by atoms with Gasteiger partial charge >= 0.3 is 0 Å². The van der Waals surface area contributed by atoms with E-state index in [1.165, 1.54) is 18.6 Å². The summed E-state index contributed by atoms with van der Waals surface area (Å²) in [5.41, 5.74) is 2.65. The van der Waals surface area contributed by atoms with Gasteiger partial charge in [-0.2, -0.15) is 0 Å². The van der Waals surface area contributed by atoms with Crippen molar-refractivity contribution in [2.24, 2.45) is 0 Å². The molecule has 19 heavy (non-hydrogen) atoms. The third-order valence-electron chi connectivity index (χ3n) is 3.48. The monoisotopic (exact) mass is 258 g/mol. The van der Waals surface area contributed by atoms with Gasteiger partial charge in [0, 0.05) is 11.3 Å². The standard InChI is InChI=1S/C15H15FN2O/c16-11-5-3-4-10(8-11)14(19)9-15-17-12-6-1-2-7-13(12)18-15/h3-5,8H,1-2,6-7,9H2,(H,17,18). The molecule has 3 rings (SSSR count). The van der Waals surface area contributed by atoms with Crippen LogP contribution in [0.25, 0.3) is 0 Å². The first kappa shape index (κ1) is 12.1. The van der Waals surface area contributed by atoms with Crippen LogP contribution in [0.4, 0.5) is 4.39 Å². The number of benzene rings is 1. The summed E-state index contributed by atoms with van der Waals surface area (Å²) >= 11 is 0. The maximum Gasteiger partial charge on any atom is 0.170 e. The number of hydrogen-bond donors (Lipinski definition) is 1. The molecule has 0 saturated carbocycles. The van der Waals surface area contributed by atoms with Gasteiger partial charge in [0.05, 0.1) is 12.1 Å². The Bertz CT molecular complexity index is 595. The van der Waals surface area contributed by atoms with Gasteiger partial charge in [-0.25, -0.2) is 9.37 Å². The van der Waals surface area contributed by atoms with Crippen LogP contribution < -0.4 is 0 Å². The van der Waals surface area contributed by atoms with Crippen LogP contribution in [0.5, 0.6) is 0 Å². The molecule has 0 radical (unpaired) electrons. The van der Waals surface area contributed by atoms with Crippen molar-refractivity contribution in [3.8, 4) is 0 Å². The lowest BCUT2D eigenvalue weighted by molar-refractivity contribution is 0.0990. The molecule has 0 bridgehead atoms. The second kappa shape index (κ2) is 4.96. The number of hydrogen-bond acceptors (Lipinski definition) is 2. The van der Waals surface area contributed by atoms with Crippen molar-refractivity contribution >= 4 is 5.78 Å². The summed E-state index contributed by atoms with van der Waals surface area (Å²) in [6.45, 7) is 0. The number of aromatic nitrogens is 2. The van der Waals surface area contributed by atoms with Gasteiger partial charge in [-0.1, -0.05) is 12.1 Å². The lowest BCUT2D eigenvalue weighted by Crippen LogP contribution is -2.05. The second-order valence-electron chi connectivity index (χ2n) is 4.93. The van der Waals surface area contributed by atoms with E-state index in [1.807, 2.05) is 0 Å². The van der Waals surface area contributed by atoms with Crippen molar-refractivity contribution in [3.63, 3.8) is 0 Å². The molecule has 3 nitrogen and oxygen atoms in total. The third-order valence-corrected chi connectivity index (χ3v) is 3.48. The molecule has 1 aromatic heterocycles. The molecule has 0 fully saturated rings. The highest BCUT2D eigenvalue weighted by Gasteiger charge is 2.16. The molecule has 1 heterocycles. The lowest BCUT2D eigenvalue weighted by Gasteiger charge is -2.07. The van der Waals surface area contributed by atoms with Gasteiger partial charge in [0.2, 0.25) is 0 Å². The van der Waals surface area contributed by atoms with Crippen molar-refractivity contribution in [1.82, 2.24) is 9.97 Å². The van der Waals surface area contributed by atoms with Gasteiger partial charge in [0.25, 0.3) is 0 Å². The number of nitrogens with zero attached hydrogens (tertiary/aromatic N) is 1. The first-order valence-electron chi connectivity index (χ1n) is 6.58. The van der Waals surface area contributed by atoms with Crippen LogP contribution in [-0.2, 0) is 19.3 Å². The number of aromatic amines is 1. The number of rotatable bonds is 3. The summed E-state index contributed by atoms with van der Waals surface area (Å²) in [6.07, 6.45) is 4.54. The summed E-state index contributed by atoms with van der Waals surface area (Å²) < 4.78 is 13.1. The van der Waals surface area contributed by atoms with Crippen molar-refractivity contribution in [2.75, 3.05) is 0 Å². The van der Waals surface area contributed by atoms with E-state index in [-0.39, 0.29) is 18.0 Å². The lowest BCUT2D eigenvalue weighted by atomic mass is 10.0. The largest absolute Gasteiger partial charge is 0.345 e. The van der Waals surface area contributed by atoms with Crippen molar-refractivity contribution in [2.45, 2.75) is 32.1 Å². The summed E-state index contributed by atoms with van der Waals surface area (Å²) in [7, 11) is 0. The number of halogens is 1. The number of Topliss-reactive ketones (excluding diaryl/α,β-unsaturated/α-hetero) is 1. The minimum Gasteiger partial charge on any atom is -0.345 e. The quantitative estimate of drug-likeness (QED) is 0.860. The van der Waals surface area contributed by atoms with E-state index in [9.17, 15) is 9.18 Å². The van der Waals surface area contributed by atoms with Crippen molar-refractivity contribution in [1.29, 1.82) is 0 Å². The molecule has 0 aliphatic heterocycles. The van der Waals surface area contributed by atoms with E-state index in [2.05, 4.69) is 9.97 Å². The fraction of sp³-hybridized carbons (Fsp3) is 0.333. The smallest absolute Gasteiger partial charge is 0.170 e. The molecule has 1 aliphatic carbocycles. The summed E-state index contributed by atoms with van der Waals surface area (Å²) in [5, 5.41) is 0. The van der Waals surface area contributed by atoms with E-state index in [1.54, 1.807) is 12.1 Å². The topological polar surface area (TPSA) is 45.8 Å². The van der Waals surface area contributed by atoms with Crippen molar-refractivity contribution in [3.05, 3.63) is 52.9 Å². The Morgan fingerprint density at radius 2 is 2.16 bits per heavy atom. The molecular weight excluding hydrogens is 243 g/mol. The maximum absolute atomic E-state index is 13.1. The minimum atomic E-state index is -0.385. The van der Waals surface area contributed by atoms with Crippen molar-refractivity contribution < 1.29 is 9.18 Å². The van der Waals surface area contributed by atoms with E-state index in [0.717, 1.165) is 30.7 Å².